The van der Waals surface area contributed by atoms with Crippen LogP contribution in [-0.2, 0) is 4.74 Å². The number of methoxy groups -OCH3 is 1. The number of carbonyl (C=O) groups is 2. The first-order chi connectivity index (χ1) is 10.1. The van der Waals surface area contributed by atoms with Crippen molar-refractivity contribution in [2.24, 2.45) is 0 Å². The molecule has 0 aromatic heterocycles. The SMILES string of the molecule is CCCCCC#Cc1cc(O)c(C(=O)OC)c(O)c1C=O. The van der Waals surface area contributed by atoms with E-state index in [0.29, 0.717) is 12.7 Å². The zero-order chi connectivity index (χ0) is 15.8. The predicted octanol–water partition coefficient (Wildman–Crippen LogP) is 2.63. The number of benzene rings is 1. The summed E-state index contributed by atoms with van der Waals surface area (Å²) in [4.78, 5) is 22.6. The van der Waals surface area contributed by atoms with E-state index in [0.717, 1.165) is 26.4 Å². The van der Waals surface area contributed by atoms with Crippen molar-refractivity contribution in [1.29, 1.82) is 0 Å². The van der Waals surface area contributed by atoms with Crippen LogP contribution in [0, 0.1) is 11.8 Å². The van der Waals surface area contributed by atoms with Gasteiger partial charge in [0.15, 0.2) is 6.29 Å². The van der Waals surface area contributed by atoms with Gasteiger partial charge in [0.2, 0.25) is 0 Å². The van der Waals surface area contributed by atoms with Crippen LogP contribution in [0.3, 0.4) is 0 Å². The van der Waals surface area contributed by atoms with Gasteiger partial charge in [0, 0.05) is 12.0 Å². The van der Waals surface area contributed by atoms with E-state index in [9.17, 15) is 19.8 Å². The molecule has 0 aliphatic heterocycles. The second-order valence-corrected chi connectivity index (χ2v) is 4.45. The van der Waals surface area contributed by atoms with Crippen LogP contribution in [0.4, 0.5) is 0 Å². The molecule has 1 rings (SSSR count). The number of hydrogen-bond donors (Lipinski definition) is 2. The van der Waals surface area contributed by atoms with Crippen LogP contribution in [0.15, 0.2) is 6.07 Å². The molecule has 21 heavy (non-hydrogen) atoms. The molecule has 0 spiro atoms. The summed E-state index contributed by atoms with van der Waals surface area (Å²) in [6.45, 7) is 2.08. The van der Waals surface area contributed by atoms with Crippen molar-refractivity contribution in [3.8, 4) is 23.3 Å². The Kier molecular flexibility index (Phi) is 6.28. The highest BCUT2D eigenvalue weighted by atomic mass is 16.5. The number of rotatable bonds is 5. The maximum atomic E-state index is 11.5. The highest BCUT2D eigenvalue weighted by Gasteiger charge is 2.22. The Morgan fingerprint density at radius 3 is 2.67 bits per heavy atom. The summed E-state index contributed by atoms with van der Waals surface area (Å²) in [6.07, 6.45) is 4.14. The second-order valence-electron chi connectivity index (χ2n) is 4.45. The van der Waals surface area contributed by atoms with Crippen LogP contribution < -0.4 is 0 Å². The number of carbonyl (C=O) groups excluding carboxylic acids is 2. The van der Waals surface area contributed by atoms with E-state index >= 15 is 0 Å². The first kappa shape index (κ1) is 16.6. The summed E-state index contributed by atoms with van der Waals surface area (Å²) in [6, 6.07) is 1.18. The van der Waals surface area contributed by atoms with Crippen molar-refractivity contribution in [3.05, 3.63) is 22.8 Å². The minimum atomic E-state index is -0.921. The number of unbranched alkanes of at least 4 members (excludes halogenated alkanes) is 3. The van der Waals surface area contributed by atoms with Crippen LogP contribution in [0.25, 0.3) is 0 Å². The summed E-state index contributed by atoms with van der Waals surface area (Å²) < 4.78 is 4.45. The summed E-state index contributed by atoms with van der Waals surface area (Å²) in [7, 11) is 1.11. The molecule has 2 N–H and O–H groups in total. The fourth-order valence-electron chi connectivity index (χ4n) is 1.82. The lowest BCUT2D eigenvalue weighted by molar-refractivity contribution is 0.0594. The standard InChI is InChI=1S/C16H18O5/c1-3-4-5-6-7-8-11-9-13(18)14(16(20)21-2)15(19)12(11)10-17/h9-10,18-19H,3-6H2,1-2H3. The molecule has 0 saturated heterocycles. The minimum Gasteiger partial charge on any atom is -0.507 e. The smallest absolute Gasteiger partial charge is 0.345 e. The lowest BCUT2D eigenvalue weighted by Gasteiger charge is -2.09. The molecule has 0 amide bonds. The number of ether oxygens (including phenoxy) is 1. The zero-order valence-corrected chi connectivity index (χ0v) is 12.1. The number of phenolic OH excluding ortho intramolecular Hbond substituents is 2. The lowest BCUT2D eigenvalue weighted by atomic mass is 10.0. The molecular formula is C16H18O5. The molecule has 0 heterocycles. The number of phenols is 2. The maximum Gasteiger partial charge on any atom is 0.345 e. The maximum absolute atomic E-state index is 11.5. The topological polar surface area (TPSA) is 83.8 Å². The van der Waals surface area contributed by atoms with E-state index in [-0.39, 0.29) is 11.1 Å². The van der Waals surface area contributed by atoms with Gasteiger partial charge in [0.05, 0.1) is 12.7 Å². The highest BCUT2D eigenvalue weighted by molar-refractivity contribution is 6.00. The van der Waals surface area contributed by atoms with Crippen molar-refractivity contribution in [2.75, 3.05) is 7.11 Å². The first-order valence-corrected chi connectivity index (χ1v) is 6.68. The summed E-state index contributed by atoms with van der Waals surface area (Å²) >= 11 is 0. The number of esters is 1. The lowest BCUT2D eigenvalue weighted by Crippen LogP contribution is -2.05. The van der Waals surface area contributed by atoms with Crippen molar-refractivity contribution in [3.63, 3.8) is 0 Å². The summed E-state index contributed by atoms with van der Waals surface area (Å²) in [5, 5.41) is 19.7. The molecule has 0 unspecified atom stereocenters. The van der Waals surface area contributed by atoms with Gasteiger partial charge in [-0.15, -0.1) is 0 Å². The van der Waals surface area contributed by atoms with Gasteiger partial charge < -0.3 is 14.9 Å². The Balaban J connectivity index is 3.17. The average molecular weight is 290 g/mol. The van der Waals surface area contributed by atoms with Gasteiger partial charge in [-0.05, 0) is 12.5 Å². The zero-order valence-electron chi connectivity index (χ0n) is 12.1. The van der Waals surface area contributed by atoms with Gasteiger partial charge in [-0.3, -0.25) is 4.79 Å². The van der Waals surface area contributed by atoms with Crippen molar-refractivity contribution in [2.45, 2.75) is 32.6 Å². The largest absolute Gasteiger partial charge is 0.507 e. The van der Waals surface area contributed by atoms with E-state index in [1.54, 1.807) is 0 Å². The Labute approximate surface area is 123 Å². The molecule has 5 nitrogen and oxygen atoms in total. The predicted molar refractivity (Wildman–Crippen MR) is 77.5 cm³/mol. The Morgan fingerprint density at radius 2 is 2.10 bits per heavy atom. The van der Waals surface area contributed by atoms with Crippen molar-refractivity contribution < 1.29 is 24.5 Å². The molecule has 0 bridgehead atoms. The van der Waals surface area contributed by atoms with E-state index in [1.165, 1.54) is 6.07 Å². The highest BCUT2D eigenvalue weighted by Crippen LogP contribution is 2.33. The monoisotopic (exact) mass is 290 g/mol. The van der Waals surface area contributed by atoms with Crippen molar-refractivity contribution >= 4 is 12.3 Å². The van der Waals surface area contributed by atoms with Crippen molar-refractivity contribution in [1.82, 2.24) is 0 Å². The van der Waals surface area contributed by atoms with E-state index in [4.69, 9.17) is 0 Å². The van der Waals surface area contributed by atoms with Gasteiger partial charge in [-0.2, -0.15) is 0 Å². The quantitative estimate of drug-likeness (QED) is 0.377. The molecule has 1 aromatic rings. The normalized spacial score (nSPS) is 9.62. The summed E-state index contributed by atoms with van der Waals surface area (Å²) in [5.74, 6) is 3.61. The molecule has 0 saturated carbocycles. The van der Waals surface area contributed by atoms with Crippen LogP contribution in [-0.4, -0.2) is 29.6 Å². The summed E-state index contributed by atoms with van der Waals surface area (Å²) in [5.41, 5.74) is -0.378. The fourth-order valence-corrected chi connectivity index (χ4v) is 1.82. The van der Waals surface area contributed by atoms with Gasteiger partial charge in [-0.1, -0.05) is 31.6 Å². The number of aldehydes is 1. The number of hydrogen-bond acceptors (Lipinski definition) is 5. The molecule has 0 aliphatic rings. The van der Waals surface area contributed by atoms with Gasteiger partial charge in [0.25, 0.3) is 0 Å². The minimum absolute atomic E-state index is 0.129. The Hall–Kier alpha value is -2.48. The van der Waals surface area contributed by atoms with E-state index in [2.05, 4.69) is 23.5 Å². The fraction of sp³-hybridized carbons (Fsp3) is 0.375. The molecule has 0 fully saturated rings. The van der Waals surface area contributed by atoms with Gasteiger partial charge in [-0.25, -0.2) is 4.79 Å². The van der Waals surface area contributed by atoms with Crippen LogP contribution in [0.5, 0.6) is 11.5 Å². The molecule has 1 aromatic carbocycles. The van der Waals surface area contributed by atoms with Crippen LogP contribution >= 0.6 is 0 Å². The molecule has 0 radical (unpaired) electrons. The van der Waals surface area contributed by atoms with Crippen LogP contribution in [0.1, 0.15) is 58.9 Å². The van der Waals surface area contributed by atoms with E-state index < -0.39 is 23.0 Å². The molecular weight excluding hydrogens is 272 g/mol. The first-order valence-electron chi connectivity index (χ1n) is 6.68. The van der Waals surface area contributed by atoms with Gasteiger partial charge >= 0.3 is 5.97 Å². The molecule has 0 aliphatic carbocycles. The Bertz CT molecular complexity index is 593. The average Bonchev–Trinajstić information content (AvgIpc) is 2.46. The molecule has 5 heteroatoms. The Morgan fingerprint density at radius 1 is 1.38 bits per heavy atom. The van der Waals surface area contributed by atoms with Gasteiger partial charge in [0.1, 0.15) is 17.1 Å². The third kappa shape index (κ3) is 3.99. The number of aromatic hydroxyl groups is 2. The molecule has 0 atom stereocenters. The van der Waals surface area contributed by atoms with E-state index in [1.807, 2.05) is 0 Å². The third-order valence-corrected chi connectivity index (χ3v) is 2.96. The third-order valence-electron chi connectivity index (χ3n) is 2.96. The van der Waals surface area contributed by atoms with Crippen LogP contribution in [0.2, 0.25) is 0 Å². The molecule has 112 valence electrons. The second kappa shape index (κ2) is 7.95.